The number of aromatic nitrogens is 2. The number of benzene rings is 1. The molecule has 1 aliphatic rings. The third-order valence-electron chi connectivity index (χ3n) is 4.61. The molecule has 0 saturated carbocycles. The van der Waals surface area contributed by atoms with Crippen molar-refractivity contribution in [2.45, 2.75) is 13.8 Å². The average Bonchev–Trinajstić information content (AvgIpc) is 2.73. The van der Waals surface area contributed by atoms with Gasteiger partial charge in [0.25, 0.3) is 0 Å². The molecule has 0 atom stereocenters. The summed E-state index contributed by atoms with van der Waals surface area (Å²) in [5.41, 5.74) is 1.83. The number of aryl methyl sites for hydroxylation is 1. The molecule has 0 aliphatic carbocycles. The lowest BCUT2D eigenvalue weighted by molar-refractivity contribution is -0.126. The zero-order valence-electron chi connectivity index (χ0n) is 16.6. The average molecular weight is 382 g/mol. The highest BCUT2D eigenvalue weighted by Gasteiger charge is 2.20. The van der Waals surface area contributed by atoms with Gasteiger partial charge in [-0.1, -0.05) is 6.07 Å². The predicted molar refractivity (Wildman–Crippen MR) is 109 cm³/mol. The summed E-state index contributed by atoms with van der Waals surface area (Å²) in [5, 5.41) is 0. The van der Waals surface area contributed by atoms with Crippen LogP contribution in [0.1, 0.15) is 18.2 Å². The minimum atomic E-state index is 0.00590. The number of carbonyl (C=O) groups excluding carboxylic acids is 1. The van der Waals surface area contributed by atoms with E-state index in [1.807, 2.05) is 43.0 Å². The van der Waals surface area contributed by atoms with Crippen LogP contribution in [0.25, 0.3) is 6.08 Å². The minimum absolute atomic E-state index is 0.00590. The van der Waals surface area contributed by atoms with Crippen LogP contribution < -0.4 is 14.4 Å². The van der Waals surface area contributed by atoms with Crippen LogP contribution in [0, 0.1) is 6.92 Å². The maximum atomic E-state index is 12.5. The summed E-state index contributed by atoms with van der Waals surface area (Å²) in [6.07, 6.45) is 5.00. The van der Waals surface area contributed by atoms with Gasteiger partial charge in [-0.05, 0) is 37.6 Å². The van der Waals surface area contributed by atoms with Gasteiger partial charge in [-0.2, -0.15) is 0 Å². The van der Waals surface area contributed by atoms with Gasteiger partial charge in [0.15, 0.2) is 11.5 Å². The number of hydrogen-bond donors (Lipinski definition) is 0. The van der Waals surface area contributed by atoms with Crippen LogP contribution >= 0.6 is 0 Å². The van der Waals surface area contributed by atoms with Gasteiger partial charge in [0.05, 0.1) is 13.7 Å². The molecule has 0 unspecified atom stereocenters. The van der Waals surface area contributed by atoms with E-state index in [1.165, 1.54) is 0 Å². The first-order valence-electron chi connectivity index (χ1n) is 9.42. The van der Waals surface area contributed by atoms with Crippen molar-refractivity contribution in [2.75, 3.05) is 44.8 Å². The third-order valence-corrected chi connectivity index (χ3v) is 4.61. The van der Waals surface area contributed by atoms with Crippen LogP contribution in [0.5, 0.6) is 11.5 Å². The number of carbonyl (C=O) groups is 1. The lowest BCUT2D eigenvalue weighted by Crippen LogP contribution is -2.48. The van der Waals surface area contributed by atoms with Crippen LogP contribution in [0.4, 0.5) is 5.82 Å². The van der Waals surface area contributed by atoms with E-state index in [2.05, 4.69) is 14.9 Å². The van der Waals surface area contributed by atoms with E-state index in [0.29, 0.717) is 31.2 Å². The quantitative estimate of drug-likeness (QED) is 0.716. The standard InChI is InChI=1S/C21H26N4O3/c1-4-28-18-7-5-17(14-19(18)27-3)6-8-21(26)25-11-9-24(10-12-25)20-13-16(2)22-15-23-20/h5-8,13-15H,4,9-12H2,1-3H3/b8-6+. The molecule has 7 nitrogen and oxygen atoms in total. The number of piperazine rings is 1. The van der Waals surface area contributed by atoms with Crippen molar-refractivity contribution in [3.05, 3.63) is 47.9 Å². The molecule has 3 rings (SSSR count). The van der Waals surface area contributed by atoms with Gasteiger partial charge in [0.2, 0.25) is 5.91 Å². The summed E-state index contributed by atoms with van der Waals surface area (Å²) in [5.74, 6) is 2.28. The number of nitrogens with zero attached hydrogens (tertiary/aromatic N) is 4. The van der Waals surface area contributed by atoms with Crippen molar-refractivity contribution >= 4 is 17.8 Å². The zero-order chi connectivity index (χ0) is 19.9. The fourth-order valence-corrected chi connectivity index (χ4v) is 3.10. The summed E-state index contributed by atoms with van der Waals surface area (Å²) in [7, 11) is 1.61. The highest BCUT2D eigenvalue weighted by Crippen LogP contribution is 2.28. The van der Waals surface area contributed by atoms with E-state index >= 15 is 0 Å². The van der Waals surface area contributed by atoms with Crippen LogP contribution in [0.15, 0.2) is 36.7 Å². The van der Waals surface area contributed by atoms with Crippen molar-refractivity contribution in [1.29, 1.82) is 0 Å². The molecule has 0 N–H and O–H groups in total. The van der Waals surface area contributed by atoms with Crippen molar-refractivity contribution < 1.29 is 14.3 Å². The van der Waals surface area contributed by atoms with Gasteiger partial charge >= 0.3 is 0 Å². The van der Waals surface area contributed by atoms with E-state index in [9.17, 15) is 4.79 Å². The minimum Gasteiger partial charge on any atom is -0.493 e. The molecule has 28 heavy (non-hydrogen) atoms. The molecule has 0 spiro atoms. The number of anilines is 1. The summed E-state index contributed by atoms with van der Waals surface area (Å²) in [4.78, 5) is 25.0. The third kappa shape index (κ3) is 4.79. The van der Waals surface area contributed by atoms with Gasteiger partial charge in [0.1, 0.15) is 12.1 Å². The molecule has 0 radical (unpaired) electrons. The number of rotatable bonds is 6. The van der Waals surface area contributed by atoms with Crippen molar-refractivity contribution in [3.8, 4) is 11.5 Å². The lowest BCUT2D eigenvalue weighted by Gasteiger charge is -2.34. The molecule has 7 heteroatoms. The molecular formula is C21H26N4O3. The highest BCUT2D eigenvalue weighted by atomic mass is 16.5. The topological polar surface area (TPSA) is 67.8 Å². The lowest BCUT2D eigenvalue weighted by atomic mass is 10.2. The second-order valence-electron chi connectivity index (χ2n) is 6.51. The van der Waals surface area contributed by atoms with Gasteiger partial charge in [-0.3, -0.25) is 4.79 Å². The Hall–Kier alpha value is -3.09. The largest absolute Gasteiger partial charge is 0.493 e. The predicted octanol–water partition coefficient (Wildman–Crippen LogP) is 2.55. The summed E-state index contributed by atoms with van der Waals surface area (Å²) in [6, 6.07) is 7.60. The van der Waals surface area contributed by atoms with Crippen molar-refractivity contribution in [3.63, 3.8) is 0 Å². The molecule has 0 bridgehead atoms. The molecule has 1 aromatic heterocycles. The Bertz CT molecular complexity index is 845. The van der Waals surface area contributed by atoms with E-state index < -0.39 is 0 Å². The smallest absolute Gasteiger partial charge is 0.246 e. The summed E-state index contributed by atoms with van der Waals surface area (Å²) in [6.45, 7) is 7.30. The normalized spacial score (nSPS) is 14.4. The Labute approximate surface area is 165 Å². The van der Waals surface area contributed by atoms with Gasteiger partial charge in [-0.25, -0.2) is 9.97 Å². The maximum Gasteiger partial charge on any atom is 0.246 e. The monoisotopic (exact) mass is 382 g/mol. The Morgan fingerprint density at radius 2 is 1.93 bits per heavy atom. The number of ether oxygens (including phenoxy) is 2. The van der Waals surface area contributed by atoms with Gasteiger partial charge in [0, 0.05) is 44.0 Å². The molecule has 148 valence electrons. The number of hydrogen-bond acceptors (Lipinski definition) is 6. The first-order chi connectivity index (χ1) is 13.6. The van der Waals surface area contributed by atoms with Crippen LogP contribution in [-0.4, -0.2) is 60.7 Å². The molecule has 1 fully saturated rings. The summed E-state index contributed by atoms with van der Waals surface area (Å²) >= 11 is 0. The zero-order valence-corrected chi connectivity index (χ0v) is 16.6. The van der Waals surface area contributed by atoms with Crippen LogP contribution in [0.2, 0.25) is 0 Å². The number of amides is 1. The van der Waals surface area contributed by atoms with Crippen molar-refractivity contribution in [2.24, 2.45) is 0 Å². The molecule has 2 heterocycles. The van der Waals surface area contributed by atoms with E-state index in [0.717, 1.165) is 30.2 Å². The molecule has 1 saturated heterocycles. The molecule has 1 amide bonds. The van der Waals surface area contributed by atoms with E-state index in [1.54, 1.807) is 25.6 Å². The van der Waals surface area contributed by atoms with Gasteiger partial charge in [-0.15, -0.1) is 0 Å². The first kappa shape index (κ1) is 19.7. The SMILES string of the molecule is CCOc1ccc(/C=C/C(=O)N2CCN(c3cc(C)ncn3)CC2)cc1OC. The van der Waals surface area contributed by atoms with Crippen LogP contribution in [0.3, 0.4) is 0 Å². The molecule has 1 aliphatic heterocycles. The fraction of sp³-hybridized carbons (Fsp3) is 0.381. The first-order valence-corrected chi connectivity index (χ1v) is 9.42. The second kappa shape index (κ2) is 9.21. The Kier molecular flexibility index (Phi) is 6.47. The van der Waals surface area contributed by atoms with Gasteiger partial charge < -0.3 is 19.3 Å². The summed E-state index contributed by atoms with van der Waals surface area (Å²) < 4.78 is 10.9. The van der Waals surface area contributed by atoms with E-state index in [-0.39, 0.29) is 5.91 Å². The molecular weight excluding hydrogens is 356 g/mol. The Morgan fingerprint density at radius 1 is 1.14 bits per heavy atom. The van der Waals surface area contributed by atoms with Crippen LogP contribution in [-0.2, 0) is 4.79 Å². The molecule has 1 aromatic carbocycles. The van der Waals surface area contributed by atoms with E-state index in [4.69, 9.17) is 9.47 Å². The Morgan fingerprint density at radius 3 is 2.61 bits per heavy atom. The van der Waals surface area contributed by atoms with Crippen molar-refractivity contribution in [1.82, 2.24) is 14.9 Å². The molecule has 2 aromatic rings. The second-order valence-corrected chi connectivity index (χ2v) is 6.51. The fourth-order valence-electron chi connectivity index (χ4n) is 3.10. The highest BCUT2D eigenvalue weighted by molar-refractivity contribution is 5.92. The number of methoxy groups -OCH3 is 1. The maximum absolute atomic E-state index is 12.5. The Balaban J connectivity index is 1.58.